The first-order valence-corrected chi connectivity index (χ1v) is 9.81. The molecule has 1 aliphatic rings. The lowest BCUT2D eigenvalue weighted by Crippen LogP contribution is -2.23. The van der Waals surface area contributed by atoms with Gasteiger partial charge in [-0.15, -0.1) is 0 Å². The summed E-state index contributed by atoms with van der Waals surface area (Å²) in [6.07, 6.45) is 0.850. The highest BCUT2D eigenvalue weighted by molar-refractivity contribution is 6.11. The minimum absolute atomic E-state index is 0.00626. The van der Waals surface area contributed by atoms with Crippen molar-refractivity contribution in [2.75, 3.05) is 7.11 Å². The van der Waals surface area contributed by atoms with Crippen LogP contribution in [-0.4, -0.2) is 23.8 Å². The smallest absolute Gasteiger partial charge is 0.167 e. The normalized spacial score (nSPS) is 16.9. The fourth-order valence-corrected chi connectivity index (χ4v) is 4.04. The van der Waals surface area contributed by atoms with Crippen LogP contribution in [0.2, 0.25) is 0 Å². The minimum atomic E-state index is -0.401. The van der Waals surface area contributed by atoms with Crippen LogP contribution < -0.4 is 9.47 Å². The Bertz CT molecular complexity index is 1290. The lowest BCUT2D eigenvalue weighted by atomic mass is 9.83. The van der Waals surface area contributed by atoms with E-state index in [0.717, 1.165) is 21.9 Å². The predicted molar refractivity (Wildman–Crippen MR) is 111 cm³/mol. The van der Waals surface area contributed by atoms with E-state index in [4.69, 9.17) is 14.0 Å². The maximum Gasteiger partial charge on any atom is 0.167 e. The summed E-state index contributed by atoms with van der Waals surface area (Å²) >= 11 is 0. The highest BCUT2D eigenvalue weighted by atomic mass is 16.5. The molecule has 3 aromatic carbocycles. The SMILES string of the molecule is COc1cccc(Oc2ccc3c(ccc4onc(C5CCC(=O)CC5=O)c43)c2)c1. The third-order valence-corrected chi connectivity index (χ3v) is 5.53. The van der Waals surface area contributed by atoms with Crippen LogP contribution in [0.1, 0.15) is 30.9 Å². The fourth-order valence-electron chi connectivity index (χ4n) is 4.04. The molecule has 1 aromatic heterocycles. The molecule has 0 N–H and O–H groups in total. The van der Waals surface area contributed by atoms with Gasteiger partial charge in [0.15, 0.2) is 5.58 Å². The van der Waals surface area contributed by atoms with Crippen molar-refractivity contribution in [2.24, 2.45) is 0 Å². The van der Waals surface area contributed by atoms with E-state index in [0.29, 0.717) is 35.6 Å². The number of carbonyl (C=O) groups excluding carboxylic acids is 2. The summed E-state index contributed by atoms with van der Waals surface area (Å²) < 4.78 is 16.7. The number of nitrogens with zero attached hydrogens (tertiary/aromatic N) is 1. The summed E-state index contributed by atoms with van der Waals surface area (Å²) in [4.78, 5) is 24.1. The Morgan fingerprint density at radius 1 is 1.00 bits per heavy atom. The van der Waals surface area contributed by atoms with E-state index in [1.165, 1.54) is 0 Å². The highest BCUT2D eigenvalue weighted by Crippen LogP contribution is 2.38. The van der Waals surface area contributed by atoms with Crippen LogP contribution in [-0.2, 0) is 9.59 Å². The molecule has 1 unspecified atom stereocenters. The van der Waals surface area contributed by atoms with Crippen LogP contribution in [0.4, 0.5) is 0 Å². The molecule has 1 aliphatic carbocycles. The number of carbonyl (C=O) groups is 2. The molecule has 0 aliphatic heterocycles. The number of Topliss-reactive ketones (excluding diaryl/α,β-unsaturated/α-hetero) is 2. The Morgan fingerprint density at radius 3 is 2.67 bits per heavy atom. The molecule has 1 atom stereocenters. The Hall–Kier alpha value is -3.67. The van der Waals surface area contributed by atoms with E-state index in [1.807, 2.05) is 54.6 Å². The van der Waals surface area contributed by atoms with Gasteiger partial charge in [-0.1, -0.05) is 17.3 Å². The van der Waals surface area contributed by atoms with Gasteiger partial charge in [0, 0.05) is 12.5 Å². The molecule has 6 nitrogen and oxygen atoms in total. The van der Waals surface area contributed by atoms with Gasteiger partial charge in [0.05, 0.1) is 24.8 Å². The van der Waals surface area contributed by atoms with E-state index in [9.17, 15) is 9.59 Å². The zero-order valence-electron chi connectivity index (χ0n) is 16.4. The standard InChI is InChI=1S/C24H19NO5/c1-28-16-3-2-4-17(13-16)29-18-7-9-19-14(11-18)5-10-22-23(19)24(25-30-22)20-8-6-15(26)12-21(20)27/h2-5,7,9-11,13,20H,6,8,12H2,1H3. The predicted octanol–water partition coefficient (Wildman–Crippen LogP) is 5.19. The molecule has 150 valence electrons. The van der Waals surface area contributed by atoms with Crippen molar-refractivity contribution in [3.05, 3.63) is 60.3 Å². The van der Waals surface area contributed by atoms with Crippen molar-refractivity contribution in [3.63, 3.8) is 0 Å². The molecule has 0 amide bonds. The van der Waals surface area contributed by atoms with Gasteiger partial charge in [0.1, 0.15) is 34.5 Å². The molecule has 5 rings (SSSR count). The molecule has 1 fully saturated rings. The number of hydrogen-bond donors (Lipinski definition) is 0. The average molecular weight is 401 g/mol. The number of ketones is 2. The average Bonchev–Trinajstić information content (AvgIpc) is 3.18. The lowest BCUT2D eigenvalue weighted by Gasteiger charge is -2.18. The van der Waals surface area contributed by atoms with Gasteiger partial charge >= 0.3 is 0 Å². The van der Waals surface area contributed by atoms with Crippen molar-refractivity contribution in [3.8, 4) is 17.2 Å². The molecule has 0 spiro atoms. The zero-order valence-corrected chi connectivity index (χ0v) is 16.4. The van der Waals surface area contributed by atoms with Gasteiger partial charge in [-0.3, -0.25) is 9.59 Å². The number of rotatable bonds is 4. The minimum Gasteiger partial charge on any atom is -0.497 e. The van der Waals surface area contributed by atoms with E-state index < -0.39 is 5.92 Å². The van der Waals surface area contributed by atoms with E-state index in [-0.39, 0.29) is 18.0 Å². The van der Waals surface area contributed by atoms with E-state index in [2.05, 4.69) is 5.16 Å². The molecular weight excluding hydrogens is 382 g/mol. The Kier molecular flexibility index (Phi) is 4.47. The molecule has 0 bridgehead atoms. The summed E-state index contributed by atoms with van der Waals surface area (Å²) in [5, 5.41) is 6.92. The molecule has 0 radical (unpaired) electrons. The topological polar surface area (TPSA) is 78.6 Å². The first kappa shape index (κ1) is 18.4. The lowest BCUT2D eigenvalue weighted by molar-refractivity contribution is -0.130. The summed E-state index contributed by atoms with van der Waals surface area (Å²) in [6, 6.07) is 17.0. The van der Waals surface area contributed by atoms with Crippen molar-refractivity contribution >= 4 is 33.3 Å². The van der Waals surface area contributed by atoms with Crippen molar-refractivity contribution in [1.29, 1.82) is 0 Å². The van der Waals surface area contributed by atoms with Gasteiger partial charge in [-0.05, 0) is 53.6 Å². The van der Waals surface area contributed by atoms with Gasteiger partial charge in [-0.2, -0.15) is 0 Å². The number of aromatic nitrogens is 1. The molecule has 30 heavy (non-hydrogen) atoms. The monoisotopic (exact) mass is 401 g/mol. The van der Waals surface area contributed by atoms with Crippen LogP contribution in [0.15, 0.2) is 59.1 Å². The third kappa shape index (κ3) is 3.20. The summed E-state index contributed by atoms with van der Waals surface area (Å²) in [5.41, 5.74) is 1.25. The van der Waals surface area contributed by atoms with Crippen LogP contribution in [0.3, 0.4) is 0 Å². The Balaban J connectivity index is 1.55. The highest BCUT2D eigenvalue weighted by Gasteiger charge is 2.32. The van der Waals surface area contributed by atoms with Gasteiger partial charge in [0.25, 0.3) is 0 Å². The number of hydrogen-bond acceptors (Lipinski definition) is 6. The van der Waals surface area contributed by atoms with Gasteiger partial charge in [0.2, 0.25) is 0 Å². The van der Waals surface area contributed by atoms with Crippen LogP contribution in [0.5, 0.6) is 17.2 Å². The van der Waals surface area contributed by atoms with Crippen LogP contribution >= 0.6 is 0 Å². The number of methoxy groups -OCH3 is 1. The molecule has 1 heterocycles. The number of benzene rings is 3. The van der Waals surface area contributed by atoms with Crippen LogP contribution in [0, 0.1) is 0 Å². The first-order chi connectivity index (χ1) is 14.6. The van der Waals surface area contributed by atoms with Crippen LogP contribution in [0.25, 0.3) is 21.7 Å². The number of ether oxygens (including phenoxy) is 2. The largest absolute Gasteiger partial charge is 0.497 e. The summed E-state index contributed by atoms with van der Waals surface area (Å²) in [7, 11) is 1.61. The number of fused-ring (bicyclic) bond motifs is 3. The molecular formula is C24H19NO5. The third-order valence-electron chi connectivity index (χ3n) is 5.53. The quantitative estimate of drug-likeness (QED) is 0.438. The summed E-state index contributed by atoms with van der Waals surface area (Å²) in [5.74, 6) is 1.59. The first-order valence-electron chi connectivity index (χ1n) is 9.81. The Morgan fingerprint density at radius 2 is 1.83 bits per heavy atom. The second-order valence-corrected chi connectivity index (χ2v) is 7.44. The van der Waals surface area contributed by atoms with Crippen molar-refractivity contribution in [2.45, 2.75) is 25.2 Å². The van der Waals surface area contributed by atoms with E-state index in [1.54, 1.807) is 7.11 Å². The molecule has 6 heteroatoms. The Labute approximate surface area is 172 Å². The maximum atomic E-state index is 12.5. The molecule has 0 saturated heterocycles. The van der Waals surface area contributed by atoms with Gasteiger partial charge < -0.3 is 14.0 Å². The second-order valence-electron chi connectivity index (χ2n) is 7.44. The fraction of sp³-hybridized carbons (Fsp3) is 0.208. The maximum absolute atomic E-state index is 12.5. The second kappa shape index (κ2) is 7.30. The molecule has 1 saturated carbocycles. The van der Waals surface area contributed by atoms with Crippen molar-refractivity contribution in [1.82, 2.24) is 5.16 Å². The van der Waals surface area contributed by atoms with Gasteiger partial charge in [-0.25, -0.2) is 0 Å². The molecule has 4 aromatic rings. The zero-order chi connectivity index (χ0) is 20.7. The van der Waals surface area contributed by atoms with Crippen molar-refractivity contribution < 1.29 is 23.6 Å². The summed E-state index contributed by atoms with van der Waals surface area (Å²) in [6.45, 7) is 0. The van der Waals surface area contributed by atoms with E-state index >= 15 is 0 Å².